The summed E-state index contributed by atoms with van der Waals surface area (Å²) in [7, 11) is 1.48. The summed E-state index contributed by atoms with van der Waals surface area (Å²) in [5.74, 6) is -0.750. The van der Waals surface area contributed by atoms with Crippen LogP contribution in [-0.2, 0) is 20.9 Å². The fraction of sp³-hybridized carbons (Fsp3) is 0.571. The van der Waals surface area contributed by atoms with Crippen LogP contribution in [-0.4, -0.2) is 37.5 Å². The molecule has 0 aliphatic heterocycles. The number of ether oxygens (including phenoxy) is 1. The van der Waals surface area contributed by atoms with Gasteiger partial charge in [-0.2, -0.15) is 0 Å². The van der Waals surface area contributed by atoms with E-state index in [1.54, 1.807) is 31.2 Å². The van der Waals surface area contributed by atoms with Crippen LogP contribution in [0, 0.1) is 0 Å². The molecule has 0 aromatic heterocycles. The molecule has 1 aromatic rings. The van der Waals surface area contributed by atoms with Crippen molar-refractivity contribution in [1.29, 1.82) is 0 Å². The number of amides is 3. The number of hydrogen-bond acceptors (Lipinski definition) is 5. The zero-order valence-corrected chi connectivity index (χ0v) is 19.2. The van der Waals surface area contributed by atoms with Gasteiger partial charge in [-0.15, -0.1) is 0 Å². The molecule has 0 unspecified atom stereocenters. The topological polar surface area (TPSA) is 123 Å². The third-order valence-corrected chi connectivity index (χ3v) is 2.75. The van der Waals surface area contributed by atoms with Gasteiger partial charge in [0.15, 0.2) is 0 Å². The molecule has 0 heterocycles. The first-order valence-electron chi connectivity index (χ1n) is 10.1. The molecule has 8 heteroatoms. The number of hydrogen-bond donors (Lipinski definition) is 4. The van der Waals surface area contributed by atoms with Crippen molar-refractivity contribution in [2.45, 2.75) is 67.5 Å². The molecule has 1 rings (SSSR count). The van der Waals surface area contributed by atoms with E-state index in [4.69, 9.17) is 10.5 Å². The summed E-state index contributed by atoms with van der Waals surface area (Å²) in [6.07, 6.45) is 0.738. The smallest absolute Gasteiger partial charge is 0.407 e. The molecule has 0 radical (unpaired) electrons. The van der Waals surface area contributed by atoms with Crippen molar-refractivity contribution < 1.29 is 19.1 Å². The van der Waals surface area contributed by atoms with E-state index in [0.29, 0.717) is 5.69 Å². The summed E-state index contributed by atoms with van der Waals surface area (Å²) in [5.41, 5.74) is 6.52. The van der Waals surface area contributed by atoms with Gasteiger partial charge in [-0.3, -0.25) is 9.59 Å². The van der Waals surface area contributed by atoms with Gasteiger partial charge in [0.1, 0.15) is 12.6 Å². The number of nitrogens with one attached hydrogen (secondary N) is 3. The lowest BCUT2D eigenvalue weighted by Gasteiger charge is -2.13. The molecule has 0 aliphatic carbocycles. The van der Waals surface area contributed by atoms with Crippen molar-refractivity contribution in [2.24, 2.45) is 5.73 Å². The number of carbonyl (C=O) groups excluding carboxylic acids is 3. The predicted octanol–water partition coefficient (Wildman–Crippen LogP) is 3.41. The van der Waals surface area contributed by atoms with E-state index in [0.717, 1.165) is 5.56 Å². The maximum Gasteiger partial charge on any atom is 0.407 e. The van der Waals surface area contributed by atoms with Crippen molar-refractivity contribution >= 4 is 23.6 Å². The number of anilines is 1. The molecule has 0 spiro atoms. The summed E-state index contributed by atoms with van der Waals surface area (Å²) in [4.78, 5) is 33.9. The fourth-order valence-corrected chi connectivity index (χ4v) is 1.52. The maximum absolute atomic E-state index is 11.9. The van der Waals surface area contributed by atoms with Gasteiger partial charge in [0.25, 0.3) is 0 Å². The Hall–Kier alpha value is -2.61. The molecule has 8 nitrogen and oxygen atoms in total. The lowest BCUT2D eigenvalue weighted by Crippen LogP contribution is -2.44. The van der Waals surface area contributed by atoms with E-state index >= 15 is 0 Å². The Bertz CT molecular complexity index is 548. The van der Waals surface area contributed by atoms with E-state index in [-0.39, 0.29) is 19.1 Å². The van der Waals surface area contributed by atoms with E-state index in [2.05, 4.69) is 29.8 Å². The maximum atomic E-state index is 11.9. The highest BCUT2D eigenvalue weighted by atomic mass is 16.5. The second kappa shape index (κ2) is 21.7. The minimum atomic E-state index is -0.688. The van der Waals surface area contributed by atoms with E-state index in [1.807, 2.05) is 27.7 Å². The molecule has 29 heavy (non-hydrogen) atoms. The zero-order chi connectivity index (χ0) is 23.2. The van der Waals surface area contributed by atoms with Crippen molar-refractivity contribution in [1.82, 2.24) is 10.6 Å². The molecule has 1 aromatic carbocycles. The van der Waals surface area contributed by atoms with Gasteiger partial charge in [-0.05, 0) is 24.6 Å². The third kappa shape index (κ3) is 17.2. The van der Waals surface area contributed by atoms with Gasteiger partial charge in [0, 0.05) is 12.7 Å². The molecular weight excluding hydrogens is 372 g/mol. The SMILES string of the molecule is CC.CC.CCC.CNC(=O)OCc1ccc(NC(=O)[C@H](C)NC(=O)CN)cc1. The lowest BCUT2D eigenvalue weighted by atomic mass is 10.2. The van der Waals surface area contributed by atoms with Crippen LogP contribution in [0.4, 0.5) is 10.5 Å². The first-order chi connectivity index (χ1) is 13.9. The van der Waals surface area contributed by atoms with Crippen LogP contribution in [0.3, 0.4) is 0 Å². The molecular formula is C21H40N4O4. The Morgan fingerprint density at radius 2 is 1.52 bits per heavy atom. The Morgan fingerprint density at radius 1 is 1.03 bits per heavy atom. The monoisotopic (exact) mass is 412 g/mol. The van der Waals surface area contributed by atoms with Gasteiger partial charge in [-0.1, -0.05) is 60.1 Å². The first-order valence-corrected chi connectivity index (χ1v) is 10.1. The Morgan fingerprint density at radius 3 is 1.93 bits per heavy atom. The molecule has 0 fully saturated rings. The van der Waals surface area contributed by atoms with Crippen LogP contribution in [0.15, 0.2) is 24.3 Å². The number of nitrogens with two attached hydrogens (primary N) is 1. The lowest BCUT2D eigenvalue weighted by molar-refractivity contribution is -0.125. The van der Waals surface area contributed by atoms with E-state index in [9.17, 15) is 14.4 Å². The van der Waals surface area contributed by atoms with Gasteiger partial charge in [0.05, 0.1) is 6.54 Å². The summed E-state index contributed by atoms with van der Waals surface area (Å²) in [5, 5.41) is 7.46. The molecule has 3 amide bonds. The van der Waals surface area contributed by atoms with Crippen molar-refractivity contribution in [3.63, 3.8) is 0 Å². The summed E-state index contributed by atoms with van der Waals surface area (Å²) in [6, 6.07) is 6.12. The van der Waals surface area contributed by atoms with Gasteiger partial charge < -0.3 is 26.4 Å². The molecule has 0 saturated heterocycles. The van der Waals surface area contributed by atoms with Crippen molar-refractivity contribution in [2.75, 3.05) is 18.9 Å². The van der Waals surface area contributed by atoms with Crippen LogP contribution in [0.1, 0.15) is 60.5 Å². The summed E-state index contributed by atoms with van der Waals surface area (Å²) < 4.78 is 4.90. The third-order valence-electron chi connectivity index (χ3n) is 2.75. The van der Waals surface area contributed by atoms with Crippen LogP contribution in [0.5, 0.6) is 0 Å². The van der Waals surface area contributed by atoms with Crippen molar-refractivity contribution in [3.8, 4) is 0 Å². The average molecular weight is 413 g/mol. The molecule has 0 bridgehead atoms. The molecule has 5 N–H and O–H groups in total. The quantitative estimate of drug-likeness (QED) is 0.570. The average Bonchev–Trinajstić information content (AvgIpc) is 2.76. The highest BCUT2D eigenvalue weighted by molar-refractivity contribution is 5.97. The summed E-state index contributed by atoms with van der Waals surface area (Å²) in [6.45, 7) is 13.8. The Kier molecular flexibility index (Phi) is 23.3. The van der Waals surface area contributed by atoms with E-state index < -0.39 is 18.0 Å². The normalized spacial score (nSPS) is 9.55. The standard InChI is InChI=1S/C14H20N4O4.C3H8.2C2H6/c1-9(17-12(19)7-15)13(20)18-11-5-3-10(4-6-11)8-22-14(21)16-2;1-3-2;2*1-2/h3-6,9H,7-8,15H2,1-2H3,(H,16,21)(H,17,19)(H,18,20);3H2,1-2H3;2*1-2H3/t9-;;;/m0.../s1. The van der Waals surface area contributed by atoms with Crippen molar-refractivity contribution in [3.05, 3.63) is 29.8 Å². The predicted molar refractivity (Wildman–Crippen MR) is 120 cm³/mol. The van der Waals surface area contributed by atoms with E-state index in [1.165, 1.54) is 13.5 Å². The minimum Gasteiger partial charge on any atom is -0.445 e. The summed E-state index contributed by atoms with van der Waals surface area (Å²) >= 11 is 0. The second-order valence-corrected chi connectivity index (χ2v) is 5.21. The largest absolute Gasteiger partial charge is 0.445 e. The number of carbonyl (C=O) groups is 3. The minimum absolute atomic E-state index is 0.136. The van der Waals surface area contributed by atoms with Gasteiger partial charge in [0.2, 0.25) is 11.8 Å². The fourth-order valence-electron chi connectivity index (χ4n) is 1.52. The van der Waals surface area contributed by atoms with Crippen LogP contribution in [0.25, 0.3) is 0 Å². The van der Waals surface area contributed by atoms with Gasteiger partial charge in [-0.25, -0.2) is 4.79 Å². The molecule has 1 atom stereocenters. The highest BCUT2D eigenvalue weighted by Gasteiger charge is 2.14. The molecule has 0 saturated carbocycles. The molecule has 168 valence electrons. The zero-order valence-electron chi connectivity index (χ0n) is 19.2. The molecule has 0 aliphatic rings. The number of rotatable bonds is 6. The first kappa shape index (κ1) is 31.1. The van der Waals surface area contributed by atoms with Crippen LogP contribution < -0.4 is 21.7 Å². The van der Waals surface area contributed by atoms with Gasteiger partial charge >= 0.3 is 6.09 Å². The number of alkyl carbamates (subject to hydrolysis) is 1. The highest BCUT2D eigenvalue weighted by Crippen LogP contribution is 2.11. The Labute approximate surface area is 176 Å². The number of benzene rings is 1. The Balaban J connectivity index is -0.000000856. The van der Waals surface area contributed by atoms with Crippen LogP contribution in [0.2, 0.25) is 0 Å². The second-order valence-electron chi connectivity index (χ2n) is 5.21. The van der Waals surface area contributed by atoms with Crippen LogP contribution >= 0.6 is 0 Å².